The summed E-state index contributed by atoms with van der Waals surface area (Å²) in [5.41, 5.74) is 0.0310. The average Bonchev–Trinajstić information content (AvgIpc) is 2.83. The molecule has 1 aromatic heterocycles. The van der Waals surface area contributed by atoms with Crippen molar-refractivity contribution in [1.82, 2.24) is 10.1 Å². The van der Waals surface area contributed by atoms with Gasteiger partial charge in [0.05, 0.1) is 0 Å². The molecule has 1 amide bonds. The Labute approximate surface area is 129 Å². The zero-order valence-electron chi connectivity index (χ0n) is 11.0. The molecule has 1 aromatic carbocycles. The van der Waals surface area contributed by atoms with Gasteiger partial charge in [-0.1, -0.05) is 28.9 Å². The highest BCUT2D eigenvalue weighted by atomic mass is 35.5. The molecule has 0 atom stereocenters. The van der Waals surface area contributed by atoms with Gasteiger partial charge in [-0.25, -0.2) is 0 Å². The van der Waals surface area contributed by atoms with Gasteiger partial charge in [0.15, 0.2) is 0 Å². The Morgan fingerprint density at radius 1 is 1.29 bits per heavy atom. The lowest BCUT2D eigenvalue weighted by Gasteiger charge is -2.12. The second kappa shape index (κ2) is 5.61. The van der Waals surface area contributed by atoms with Crippen LogP contribution in [-0.2, 0) is 5.38 Å². The molecule has 0 saturated carbocycles. The first-order chi connectivity index (χ1) is 9.71. The zero-order valence-corrected chi connectivity index (χ0v) is 12.5. The molecular weight excluding hydrogens is 325 g/mol. The standard InChI is InChI=1S/C13H10Cl2F2N2O2/c1-19(2)12(20)9-10(7-3-5-8(14)6-4-7)18-21-11(9)13(15,16)17/h3-6H,1-2H3. The molecular formula is C13H10Cl2F2N2O2. The highest BCUT2D eigenvalue weighted by molar-refractivity contribution is 6.30. The molecule has 0 fully saturated rings. The molecule has 21 heavy (non-hydrogen) atoms. The summed E-state index contributed by atoms with van der Waals surface area (Å²) in [5.74, 6) is -1.66. The third-order valence-corrected chi connectivity index (χ3v) is 3.11. The maximum atomic E-state index is 13.4. The first kappa shape index (κ1) is 15.7. The molecule has 0 radical (unpaired) electrons. The van der Waals surface area contributed by atoms with E-state index in [1.165, 1.54) is 14.1 Å². The molecule has 0 aliphatic carbocycles. The topological polar surface area (TPSA) is 46.3 Å². The summed E-state index contributed by atoms with van der Waals surface area (Å²) in [6.45, 7) is 0. The van der Waals surface area contributed by atoms with E-state index in [1.54, 1.807) is 24.3 Å². The minimum absolute atomic E-state index is 0.0132. The summed E-state index contributed by atoms with van der Waals surface area (Å²) in [5, 5.41) is 0.185. The van der Waals surface area contributed by atoms with E-state index in [2.05, 4.69) is 9.68 Å². The predicted molar refractivity (Wildman–Crippen MR) is 74.7 cm³/mol. The fraction of sp³-hybridized carbons (Fsp3) is 0.231. The molecule has 8 heteroatoms. The molecule has 0 N–H and O–H groups in total. The van der Waals surface area contributed by atoms with Crippen molar-refractivity contribution >= 4 is 29.1 Å². The molecule has 1 heterocycles. The number of rotatable bonds is 3. The van der Waals surface area contributed by atoms with Crippen LogP contribution in [0.5, 0.6) is 0 Å². The van der Waals surface area contributed by atoms with E-state index in [9.17, 15) is 13.6 Å². The molecule has 0 bridgehead atoms. The quantitative estimate of drug-likeness (QED) is 0.797. The van der Waals surface area contributed by atoms with Gasteiger partial charge in [0, 0.05) is 24.7 Å². The Morgan fingerprint density at radius 2 is 1.86 bits per heavy atom. The lowest BCUT2D eigenvalue weighted by molar-refractivity contribution is 0.0567. The number of nitrogens with zero attached hydrogens (tertiary/aromatic N) is 2. The monoisotopic (exact) mass is 334 g/mol. The van der Waals surface area contributed by atoms with Crippen LogP contribution in [0.1, 0.15) is 16.1 Å². The van der Waals surface area contributed by atoms with Gasteiger partial charge in [0.1, 0.15) is 11.3 Å². The van der Waals surface area contributed by atoms with Crippen LogP contribution in [0.3, 0.4) is 0 Å². The Balaban J connectivity index is 2.64. The molecule has 0 aliphatic heterocycles. The molecule has 0 unspecified atom stereocenters. The molecule has 2 aromatic rings. The Bertz CT molecular complexity index is 664. The normalized spacial score (nSPS) is 11.5. The summed E-state index contributed by atoms with van der Waals surface area (Å²) in [6, 6.07) is 6.19. The minimum atomic E-state index is -3.83. The van der Waals surface area contributed by atoms with Crippen LogP contribution >= 0.6 is 23.2 Å². The fourth-order valence-electron chi connectivity index (χ4n) is 1.71. The van der Waals surface area contributed by atoms with Crippen LogP contribution in [0, 0.1) is 0 Å². The number of carbonyl (C=O) groups excluding carboxylic acids is 1. The molecule has 2 rings (SSSR count). The Kier molecular flexibility index (Phi) is 4.20. The maximum absolute atomic E-state index is 13.4. The van der Waals surface area contributed by atoms with E-state index in [1.807, 2.05) is 0 Å². The molecule has 0 aliphatic rings. The van der Waals surface area contributed by atoms with Gasteiger partial charge >= 0.3 is 5.38 Å². The van der Waals surface area contributed by atoms with Crippen molar-refractivity contribution in [2.24, 2.45) is 0 Å². The van der Waals surface area contributed by atoms with Crippen molar-refractivity contribution in [3.63, 3.8) is 0 Å². The first-order valence-electron chi connectivity index (χ1n) is 5.76. The molecule has 0 saturated heterocycles. The van der Waals surface area contributed by atoms with Gasteiger partial charge in [-0.05, 0) is 23.7 Å². The number of amides is 1. The van der Waals surface area contributed by atoms with E-state index in [4.69, 9.17) is 23.2 Å². The molecule has 4 nitrogen and oxygen atoms in total. The van der Waals surface area contributed by atoms with E-state index in [-0.39, 0.29) is 11.3 Å². The van der Waals surface area contributed by atoms with E-state index in [0.717, 1.165) is 4.90 Å². The molecule has 112 valence electrons. The van der Waals surface area contributed by atoms with E-state index < -0.39 is 17.0 Å². The number of hydrogen-bond acceptors (Lipinski definition) is 3. The van der Waals surface area contributed by atoms with Crippen molar-refractivity contribution in [1.29, 1.82) is 0 Å². The van der Waals surface area contributed by atoms with Crippen molar-refractivity contribution in [2.45, 2.75) is 5.38 Å². The summed E-state index contributed by atoms with van der Waals surface area (Å²) in [7, 11) is 2.86. The van der Waals surface area contributed by atoms with Gasteiger partial charge in [-0.2, -0.15) is 8.78 Å². The smallest absolute Gasteiger partial charge is 0.352 e. The largest absolute Gasteiger partial charge is 0.383 e. The third-order valence-electron chi connectivity index (χ3n) is 2.69. The predicted octanol–water partition coefficient (Wildman–Crippen LogP) is 3.98. The highest BCUT2D eigenvalue weighted by Gasteiger charge is 2.41. The number of alkyl halides is 3. The summed E-state index contributed by atoms with van der Waals surface area (Å²) >= 11 is 10.7. The van der Waals surface area contributed by atoms with Gasteiger partial charge < -0.3 is 9.42 Å². The van der Waals surface area contributed by atoms with E-state index >= 15 is 0 Å². The van der Waals surface area contributed by atoms with Gasteiger partial charge in [-0.3, -0.25) is 4.79 Å². The second-order valence-electron chi connectivity index (χ2n) is 4.44. The lowest BCUT2D eigenvalue weighted by Crippen LogP contribution is -2.24. The molecule has 0 spiro atoms. The lowest BCUT2D eigenvalue weighted by atomic mass is 10.1. The van der Waals surface area contributed by atoms with Crippen molar-refractivity contribution in [3.8, 4) is 11.3 Å². The Morgan fingerprint density at radius 3 is 2.33 bits per heavy atom. The van der Waals surface area contributed by atoms with Crippen LogP contribution in [0.15, 0.2) is 28.8 Å². The summed E-state index contributed by atoms with van der Waals surface area (Å²) in [6.07, 6.45) is 0. The van der Waals surface area contributed by atoms with Crippen LogP contribution < -0.4 is 0 Å². The Hall–Kier alpha value is -1.66. The van der Waals surface area contributed by atoms with Gasteiger partial charge in [0.2, 0.25) is 5.76 Å². The SMILES string of the molecule is CN(C)C(=O)c1c(-c2ccc(Cl)cc2)noc1C(F)(F)Cl. The van der Waals surface area contributed by atoms with Gasteiger partial charge in [-0.15, -0.1) is 0 Å². The summed E-state index contributed by atoms with van der Waals surface area (Å²) < 4.78 is 31.3. The number of benzene rings is 1. The fourth-order valence-corrected chi connectivity index (χ4v) is 1.97. The number of carbonyl (C=O) groups is 1. The highest BCUT2D eigenvalue weighted by Crippen LogP contribution is 2.39. The number of hydrogen-bond donors (Lipinski definition) is 0. The van der Waals surface area contributed by atoms with Crippen molar-refractivity contribution in [2.75, 3.05) is 14.1 Å². The minimum Gasteiger partial charge on any atom is -0.352 e. The zero-order chi connectivity index (χ0) is 15.8. The first-order valence-corrected chi connectivity index (χ1v) is 6.52. The van der Waals surface area contributed by atoms with Crippen molar-refractivity contribution in [3.05, 3.63) is 40.6 Å². The second-order valence-corrected chi connectivity index (χ2v) is 5.35. The summed E-state index contributed by atoms with van der Waals surface area (Å²) in [4.78, 5) is 13.3. The van der Waals surface area contributed by atoms with Crippen LogP contribution in [0.25, 0.3) is 11.3 Å². The van der Waals surface area contributed by atoms with Crippen LogP contribution in [0.4, 0.5) is 8.78 Å². The van der Waals surface area contributed by atoms with E-state index in [0.29, 0.717) is 10.6 Å². The van der Waals surface area contributed by atoms with Crippen LogP contribution in [-0.4, -0.2) is 30.1 Å². The number of aromatic nitrogens is 1. The number of halogens is 4. The average molecular weight is 335 g/mol. The maximum Gasteiger partial charge on any atom is 0.383 e. The van der Waals surface area contributed by atoms with Crippen molar-refractivity contribution < 1.29 is 18.1 Å². The third kappa shape index (κ3) is 3.16. The van der Waals surface area contributed by atoms with Gasteiger partial charge in [0.25, 0.3) is 5.91 Å². The van der Waals surface area contributed by atoms with Crippen LogP contribution in [0.2, 0.25) is 5.02 Å².